The average molecular weight is 444 g/mol. The molecule has 1 aromatic heterocycles. The van der Waals surface area contributed by atoms with Gasteiger partial charge in [-0.15, -0.1) is 18.2 Å². The molecule has 0 bridgehead atoms. The Morgan fingerprint density at radius 2 is 1.94 bits per heavy atom. The number of aliphatic hydroxyl groups excluding tert-OH is 1. The van der Waals surface area contributed by atoms with Gasteiger partial charge in [-0.2, -0.15) is 0 Å². The van der Waals surface area contributed by atoms with Gasteiger partial charge in [-0.1, -0.05) is 26.0 Å². The molecule has 1 saturated heterocycles. The van der Waals surface area contributed by atoms with Gasteiger partial charge in [0.2, 0.25) is 5.91 Å². The van der Waals surface area contributed by atoms with Crippen molar-refractivity contribution < 1.29 is 14.7 Å². The number of amides is 2. The second-order valence-electron chi connectivity index (χ2n) is 9.25. The number of H-pyrrole nitrogens is 1. The number of alkyl halides is 1. The first-order chi connectivity index (χ1) is 14.3. The summed E-state index contributed by atoms with van der Waals surface area (Å²) in [5, 5.41) is 16.7. The van der Waals surface area contributed by atoms with E-state index in [1.165, 1.54) is 0 Å². The van der Waals surface area contributed by atoms with Crippen LogP contribution in [0.15, 0.2) is 36.6 Å². The first-order valence-electron chi connectivity index (χ1n) is 10.3. The van der Waals surface area contributed by atoms with Crippen LogP contribution in [0.3, 0.4) is 0 Å². The predicted molar refractivity (Wildman–Crippen MR) is 125 cm³/mol. The molecule has 166 valence electrons. The Labute approximate surface area is 187 Å². The van der Waals surface area contributed by atoms with Crippen LogP contribution in [-0.2, 0) is 21.4 Å². The predicted octanol–water partition coefficient (Wildman–Crippen LogP) is 3.53. The number of hydrogen-bond acceptors (Lipinski definition) is 3. The Morgan fingerprint density at radius 3 is 2.55 bits per heavy atom. The highest BCUT2D eigenvalue weighted by molar-refractivity contribution is 6.23. The van der Waals surface area contributed by atoms with Crippen LogP contribution in [0.25, 0.3) is 17.0 Å². The maximum Gasteiger partial charge on any atom is 0.268 e. The van der Waals surface area contributed by atoms with Crippen molar-refractivity contribution in [3.8, 4) is 0 Å². The molecule has 7 heteroatoms. The van der Waals surface area contributed by atoms with E-state index in [-0.39, 0.29) is 17.5 Å². The molecule has 0 radical (unpaired) electrons. The third-order valence-corrected chi connectivity index (χ3v) is 6.06. The van der Waals surface area contributed by atoms with Gasteiger partial charge >= 0.3 is 0 Å². The van der Waals surface area contributed by atoms with Crippen LogP contribution in [0.1, 0.15) is 51.4 Å². The molecule has 0 aliphatic carbocycles. The topological polar surface area (TPSA) is 94.2 Å². The van der Waals surface area contributed by atoms with Crippen molar-refractivity contribution in [3.63, 3.8) is 0 Å². The molecule has 4 N–H and O–H groups in total. The van der Waals surface area contributed by atoms with E-state index in [9.17, 15) is 14.7 Å². The molecule has 31 heavy (non-hydrogen) atoms. The quantitative estimate of drug-likeness (QED) is 0.312. The summed E-state index contributed by atoms with van der Waals surface area (Å²) in [5.41, 5.74) is 3.25. The zero-order valence-corrected chi connectivity index (χ0v) is 19.4. The average Bonchev–Trinajstić information content (AvgIpc) is 3.04. The van der Waals surface area contributed by atoms with Crippen molar-refractivity contribution in [1.29, 1.82) is 0 Å². The highest BCUT2D eigenvalue weighted by Gasteiger charge is 2.29. The number of aromatic amines is 1. The smallest absolute Gasteiger partial charge is 0.268 e. The normalized spacial score (nSPS) is 20.0. The molecule has 2 amide bonds. The minimum Gasteiger partial charge on any atom is -0.391 e. The van der Waals surface area contributed by atoms with Crippen LogP contribution < -0.4 is 10.6 Å². The lowest BCUT2D eigenvalue weighted by Gasteiger charge is -2.24. The number of aromatic nitrogens is 1. The first-order valence-corrected chi connectivity index (χ1v) is 10.7. The lowest BCUT2D eigenvalue weighted by atomic mass is 9.86. The summed E-state index contributed by atoms with van der Waals surface area (Å²) >= 11 is 6.27. The molecule has 3 rings (SSSR count). The minimum absolute atomic E-state index is 0.192. The Kier molecular flexibility index (Phi) is 6.09. The summed E-state index contributed by atoms with van der Waals surface area (Å²) in [6.45, 7) is 13.2. The summed E-state index contributed by atoms with van der Waals surface area (Å²) < 4.78 is 0. The van der Waals surface area contributed by atoms with Gasteiger partial charge in [0, 0.05) is 34.0 Å². The highest BCUT2D eigenvalue weighted by atomic mass is 35.5. The van der Waals surface area contributed by atoms with Crippen molar-refractivity contribution in [2.75, 3.05) is 0 Å². The summed E-state index contributed by atoms with van der Waals surface area (Å²) in [6.07, 6.45) is 3.20. The van der Waals surface area contributed by atoms with Gasteiger partial charge in [0.25, 0.3) is 5.91 Å². The molecule has 1 aliphatic rings. The number of carbonyl (C=O) groups excluding carboxylic acids is 2. The summed E-state index contributed by atoms with van der Waals surface area (Å²) in [7, 11) is 0. The number of carbonyl (C=O) groups is 2. The van der Waals surface area contributed by atoms with E-state index in [0.717, 1.165) is 27.7 Å². The molecule has 1 aliphatic heterocycles. The van der Waals surface area contributed by atoms with Gasteiger partial charge in [-0.25, -0.2) is 0 Å². The van der Waals surface area contributed by atoms with E-state index < -0.39 is 22.4 Å². The zero-order valence-electron chi connectivity index (χ0n) is 18.6. The van der Waals surface area contributed by atoms with Crippen molar-refractivity contribution in [3.05, 3.63) is 53.4 Å². The number of benzene rings is 1. The van der Waals surface area contributed by atoms with E-state index in [1.54, 1.807) is 26.8 Å². The van der Waals surface area contributed by atoms with E-state index >= 15 is 0 Å². The fourth-order valence-electron chi connectivity index (χ4n) is 3.50. The minimum atomic E-state index is -0.755. The Hall–Kier alpha value is -2.57. The van der Waals surface area contributed by atoms with Crippen LogP contribution >= 0.6 is 11.6 Å². The second-order valence-corrected chi connectivity index (χ2v) is 10.2. The largest absolute Gasteiger partial charge is 0.391 e. The molecule has 2 heterocycles. The molecule has 2 atom stereocenters. The molecule has 1 fully saturated rings. The maximum absolute atomic E-state index is 12.5. The first kappa shape index (κ1) is 23.1. The Bertz CT molecular complexity index is 1080. The van der Waals surface area contributed by atoms with Crippen LogP contribution in [0.2, 0.25) is 0 Å². The SMILES string of the molecule is C=CC(C)(C)c1[nH]c2ccc(CC(O)C(C)(C)Cl)cc2c1C=C1NC(=O)C(C)NC1=O. The standard InChI is InChI=1S/C24H30ClN3O3/c1-7-23(3,4)20-16(12-18-22(31)26-13(2)21(30)28-18)15-10-14(8-9-17(15)27-20)11-19(29)24(5,6)25/h7-10,12-13,19,27,29H,1,11H2,2-6H3,(H,26,31)(H,28,30). The number of halogens is 1. The number of aliphatic hydroxyl groups is 1. The third kappa shape index (κ3) is 4.70. The number of allylic oxidation sites excluding steroid dienone is 1. The van der Waals surface area contributed by atoms with E-state index in [2.05, 4.69) is 22.2 Å². The van der Waals surface area contributed by atoms with E-state index in [0.29, 0.717) is 6.42 Å². The van der Waals surface area contributed by atoms with Gasteiger partial charge in [-0.05, 0) is 44.5 Å². The van der Waals surface area contributed by atoms with E-state index in [4.69, 9.17) is 11.6 Å². The third-order valence-electron chi connectivity index (χ3n) is 5.81. The number of piperazine rings is 1. The Balaban J connectivity index is 2.16. The van der Waals surface area contributed by atoms with Crippen molar-refractivity contribution >= 4 is 40.4 Å². The van der Waals surface area contributed by atoms with Gasteiger partial charge in [0.1, 0.15) is 11.7 Å². The zero-order chi connectivity index (χ0) is 23.1. The fraction of sp³-hybridized carbons (Fsp3) is 0.417. The summed E-state index contributed by atoms with van der Waals surface area (Å²) in [5.74, 6) is -0.595. The monoisotopic (exact) mass is 443 g/mol. The van der Waals surface area contributed by atoms with Gasteiger partial charge in [0.05, 0.1) is 11.0 Å². The molecule has 6 nitrogen and oxygen atoms in total. The second kappa shape index (κ2) is 8.17. The Morgan fingerprint density at radius 1 is 1.26 bits per heavy atom. The number of fused-ring (bicyclic) bond motifs is 1. The molecule has 2 unspecified atom stereocenters. The van der Waals surface area contributed by atoms with Crippen LogP contribution in [0.4, 0.5) is 0 Å². The molecular formula is C24H30ClN3O3. The van der Waals surface area contributed by atoms with Gasteiger partial charge in [0.15, 0.2) is 0 Å². The molecule has 2 aromatic rings. The van der Waals surface area contributed by atoms with Crippen LogP contribution in [0, 0.1) is 0 Å². The fourth-order valence-corrected chi connectivity index (χ4v) is 3.57. The maximum atomic E-state index is 12.5. The lowest BCUT2D eigenvalue weighted by Crippen LogP contribution is -2.53. The number of rotatable bonds is 6. The van der Waals surface area contributed by atoms with Gasteiger partial charge in [-0.3, -0.25) is 9.59 Å². The summed E-state index contributed by atoms with van der Waals surface area (Å²) in [6, 6.07) is 5.30. The van der Waals surface area contributed by atoms with Crippen molar-refractivity contribution in [2.45, 2.75) is 63.5 Å². The van der Waals surface area contributed by atoms with Crippen LogP contribution in [-0.4, -0.2) is 38.9 Å². The molecule has 1 aromatic carbocycles. The lowest BCUT2D eigenvalue weighted by molar-refractivity contribution is -0.130. The number of hydrogen-bond donors (Lipinski definition) is 4. The summed E-state index contributed by atoms with van der Waals surface area (Å²) in [4.78, 5) is 27.3. The highest BCUT2D eigenvalue weighted by Crippen LogP contribution is 2.35. The van der Waals surface area contributed by atoms with E-state index in [1.807, 2.05) is 38.1 Å². The molecule has 0 saturated carbocycles. The van der Waals surface area contributed by atoms with Gasteiger partial charge < -0.3 is 20.7 Å². The molecule has 0 spiro atoms. The van der Waals surface area contributed by atoms with Crippen molar-refractivity contribution in [1.82, 2.24) is 15.6 Å². The molecular weight excluding hydrogens is 414 g/mol. The van der Waals surface area contributed by atoms with Crippen LogP contribution in [0.5, 0.6) is 0 Å². The van der Waals surface area contributed by atoms with Crippen molar-refractivity contribution in [2.24, 2.45) is 0 Å². The number of nitrogens with one attached hydrogen (secondary N) is 3.